The molecule has 1 amide bonds. The molecule has 23 heavy (non-hydrogen) atoms. The molecule has 1 atom stereocenters. The number of aromatic amines is 1. The Morgan fingerprint density at radius 3 is 2.91 bits per heavy atom. The van der Waals surface area contributed by atoms with Gasteiger partial charge in [0.25, 0.3) is 5.91 Å². The minimum atomic E-state index is -0.682. The lowest BCUT2D eigenvalue weighted by molar-refractivity contribution is -0.385. The van der Waals surface area contributed by atoms with E-state index in [1.54, 1.807) is 17.3 Å². The van der Waals surface area contributed by atoms with E-state index in [0.717, 1.165) is 37.0 Å². The normalized spacial score (nSPS) is 17.9. The summed E-state index contributed by atoms with van der Waals surface area (Å²) in [5.41, 5.74) is 0.763. The second-order valence-electron chi connectivity index (χ2n) is 5.50. The van der Waals surface area contributed by atoms with Gasteiger partial charge < -0.3 is 10.0 Å². The number of nitro benzene ring substituents is 1. The minimum Gasteiger partial charge on any atom is -0.502 e. The van der Waals surface area contributed by atoms with E-state index in [0.29, 0.717) is 6.54 Å². The number of phenolic OH excluding ortho intramolecular Hbond substituents is 1. The number of H-pyrrole nitrogens is 1. The fourth-order valence-corrected chi connectivity index (χ4v) is 2.94. The number of nitro groups is 1. The smallest absolute Gasteiger partial charge is 0.310 e. The molecule has 120 valence electrons. The predicted octanol–water partition coefficient (Wildman–Crippen LogP) is 2.39. The third kappa shape index (κ3) is 2.87. The molecule has 1 aromatic heterocycles. The van der Waals surface area contributed by atoms with E-state index in [1.807, 2.05) is 0 Å². The SMILES string of the molecule is O=C(c1ccc([N+](=O)[O-])c(O)c1)N1CCCCC1c1cn[nH]c1. The van der Waals surface area contributed by atoms with Gasteiger partial charge in [0.2, 0.25) is 0 Å². The van der Waals surface area contributed by atoms with Gasteiger partial charge in [-0.05, 0) is 31.4 Å². The molecule has 0 aliphatic carbocycles. The number of aromatic nitrogens is 2. The third-order valence-corrected chi connectivity index (χ3v) is 4.09. The molecule has 1 saturated heterocycles. The van der Waals surface area contributed by atoms with Crippen LogP contribution in [0.4, 0.5) is 5.69 Å². The number of nitrogens with one attached hydrogen (secondary N) is 1. The number of likely N-dealkylation sites (tertiary alicyclic amines) is 1. The van der Waals surface area contributed by atoms with Crippen LogP contribution in [0.2, 0.25) is 0 Å². The van der Waals surface area contributed by atoms with Gasteiger partial charge in [0.05, 0.1) is 17.2 Å². The van der Waals surface area contributed by atoms with Crippen molar-refractivity contribution in [2.24, 2.45) is 0 Å². The summed E-state index contributed by atoms with van der Waals surface area (Å²) < 4.78 is 0. The molecule has 3 rings (SSSR count). The molecule has 1 aromatic carbocycles. The van der Waals surface area contributed by atoms with Gasteiger partial charge in [0.15, 0.2) is 5.75 Å². The summed E-state index contributed by atoms with van der Waals surface area (Å²) in [6.45, 7) is 0.604. The maximum Gasteiger partial charge on any atom is 0.310 e. The highest BCUT2D eigenvalue weighted by molar-refractivity contribution is 5.95. The average molecular weight is 316 g/mol. The van der Waals surface area contributed by atoms with Crippen molar-refractivity contribution >= 4 is 11.6 Å². The van der Waals surface area contributed by atoms with Crippen molar-refractivity contribution in [2.45, 2.75) is 25.3 Å². The van der Waals surface area contributed by atoms with E-state index in [1.165, 1.54) is 6.07 Å². The Morgan fingerprint density at radius 2 is 2.26 bits per heavy atom. The number of benzene rings is 1. The van der Waals surface area contributed by atoms with Gasteiger partial charge in [0, 0.05) is 29.9 Å². The first-order chi connectivity index (χ1) is 11.1. The standard InChI is InChI=1S/C15H16N4O4/c20-14-7-10(4-5-13(14)19(22)23)15(21)18-6-2-1-3-12(18)11-8-16-17-9-11/h4-5,7-9,12,20H,1-3,6H2,(H,16,17). The van der Waals surface area contributed by atoms with Crippen LogP contribution in [0, 0.1) is 10.1 Å². The largest absolute Gasteiger partial charge is 0.502 e. The molecule has 2 N–H and O–H groups in total. The van der Waals surface area contributed by atoms with Gasteiger partial charge in [-0.1, -0.05) is 0 Å². The number of nitrogens with zero attached hydrogens (tertiary/aromatic N) is 3. The molecule has 8 heteroatoms. The van der Waals surface area contributed by atoms with Crippen LogP contribution in [-0.2, 0) is 0 Å². The molecule has 2 aromatic rings. The Hall–Kier alpha value is -2.90. The van der Waals surface area contributed by atoms with E-state index >= 15 is 0 Å². The lowest BCUT2D eigenvalue weighted by Crippen LogP contribution is -2.38. The maximum atomic E-state index is 12.8. The van der Waals surface area contributed by atoms with Crippen molar-refractivity contribution in [1.82, 2.24) is 15.1 Å². The van der Waals surface area contributed by atoms with Gasteiger partial charge in [-0.3, -0.25) is 20.0 Å². The van der Waals surface area contributed by atoms with Crippen LogP contribution in [0.25, 0.3) is 0 Å². The van der Waals surface area contributed by atoms with Crippen LogP contribution in [0.1, 0.15) is 41.2 Å². The zero-order valence-corrected chi connectivity index (χ0v) is 12.3. The highest BCUT2D eigenvalue weighted by Gasteiger charge is 2.30. The zero-order valence-electron chi connectivity index (χ0n) is 12.3. The van der Waals surface area contributed by atoms with Gasteiger partial charge in [-0.15, -0.1) is 0 Å². The Balaban J connectivity index is 1.89. The van der Waals surface area contributed by atoms with Gasteiger partial charge >= 0.3 is 5.69 Å². The summed E-state index contributed by atoms with van der Waals surface area (Å²) in [5.74, 6) is -0.751. The van der Waals surface area contributed by atoms with Crippen molar-refractivity contribution in [3.63, 3.8) is 0 Å². The van der Waals surface area contributed by atoms with Crippen LogP contribution in [0.3, 0.4) is 0 Å². The molecular weight excluding hydrogens is 300 g/mol. The van der Waals surface area contributed by atoms with Crippen molar-refractivity contribution in [3.05, 3.63) is 51.8 Å². The summed E-state index contributed by atoms with van der Waals surface area (Å²) in [6.07, 6.45) is 6.22. The molecule has 1 fully saturated rings. The molecule has 0 bridgehead atoms. The van der Waals surface area contributed by atoms with Crippen molar-refractivity contribution < 1.29 is 14.8 Å². The maximum absolute atomic E-state index is 12.8. The predicted molar refractivity (Wildman–Crippen MR) is 81.0 cm³/mol. The molecule has 2 heterocycles. The number of piperidine rings is 1. The molecule has 0 saturated carbocycles. The van der Waals surface area contributed by atoms with Crippen molar-refractivity contribution in [3.8, 4) is 5.75 Å². The first-order valence-electron chi connectivity index (χ1n) is 7.35. The van der Waals surface area contributed by atoms with Gasteiger partial charge in [-0.2, -0.15) is 5.10 Å². The van der Waals surface area contributed by atoms with Crippen molar-refractivity contribution in [2.75, 3.05) is 6.54 Å². The number of carbonyl (C=O) groups is 1. The summed E-state index contributed by atoms with van der Waals surface area (Å²) in [5, 5.41) is 27.2. The fourth-order valence-electron chi connectivity index (χ4n) is 2.94. The number of hydrogen-bond acceptors (Lipinski definition) is 5. The van der Waals surface area contributed by atoms with Crippen molar-refractivity contribution in [1.29, 1.82) is 0 Å². The van der Waals surface area contributed by atoms with E-state index in [2.05, 4.69) is 10.2 Å². The third-order valence-electron chi connectivity index (χ3n) is 4.09. The summed E-state index contributed by atoms with van der Waals surface area (Å²) >= 11 is 0. The highest BCUT2D eigenvalue weighted by Crippen LogP contribution is 2.33. The molecular formula is C15H16N4O4. The summed E-state index contributed by atoms with van der Waals surface area (Å²) in [6, 6.07) is 3.61. The minimum absolute atomic E-state index is 0.0765. The van der Waals surface area contributed by atoms with Crippen LogP contribution in [0.5, 0.6) is 5.75 Å². The molecule has 0 spiro atoms. The topological polar surface area (TPSA) is 112 Å². The number of carbonyl (C=O) groups excluding carboxylic acids is 1. The van der Waals surface area contributed by atoms with Gasteiger partial charge in [0.1, 0.15) is 0 Å². The lowest BCUT2D eigenvalue weighted by atomic mass is 9.96. The number of rotatable bonds is 3. The Bertz CT molecular complexity index is 729. The number of hydrogen-bond donors (Lipinski definition) is 2. The highest BCUT2D eigenvalue weighted by atomic mass is 16.6. The van der Waals surface area contributed by atoms with Crippen LogP contribution in [-0.4, -0.2) is 37.6 Å². The summed E-state index contributed by atoms with van der Waals surface area (Å²) in [4.78, 5) is 24.6. The lowest BCUT2D eigenvalue weighted by Gasteiger charge is -2.35. The average Bonchev–Trinajstić information content (AvgIpc) is 3.08. The van der Waals surface area contributed by atoms with Gasteiger partial charge in [-0.25, -0.2) is 0 Å². The monoisotopic (exact) mass is 316 g/mol. The molecule has 1 aliphatic rings. The zero-order chi connectivity index (χ0) is 16.4. The fraction of sp³-hybridized carbons (Fsp3) is 0.333. The van der Waals surface area contributed by atoms with E-state index < -0.39 is 16.4 Å². The summed E-state index contributed by atoms with van der Waals surface area (Å²) in [7, 11) is 0. The second kappa shape index (κ2) is 6.07. The number of amides is 1. The molecule has 0 radical (unpaired) electrons. The number of aromatic hydroxyl groups is 1. The Kier molecular flexibility index (Phi) is 3.96. The molecule has 1 aliphatic heterocycles. The number of phenols is 1. The van der Waals surface area contributed by atoms with E-state index in [4.69, 9.17) is 0 Å². The second-order valence-corrected chi connectivity index (χ2v) is 5.50. The first-order valence-corrected chi connectivity index (χ1v) is 7.35. The quantitative estimate of drug-likeness (QED) is 0.667. The first kappa shape index (κ1) is 15.0. The van der Waals surface area contributed by atoms with E-state index in [-0.39, 0.29) is 17.5 Å². The van der Waals surface area contributed by atoms with Crippen LogP contribution < -0.4 is 0 Å². The van der Waals surface area contributed by atoms with Crippen LogP contribution in [0.15, 0.2) is 30.6 Å². The van der Waals surface area contributed by atoms with E-state index in [9.17, 15) is 20.0 Å². The molecule has 1 unspecified atom stereocenters. The Morgan fingerprint density at radius 1 is 1.43 bits per heavy atom. The van der Waals surface area contributed by atoms with Crippen LogP contribution >= 0.6 is 0 Å². The molecule has 8 nitrogen and oxygen atoms in total. The Labute approximate surface area is 131 Å².